The van der Waals surface area contributed by atoms with Gasteiger partial charge in [-0.05, 0) is 72.3 Å². The molecule has 3 rings (SSSR count). The molecule has 28 heavy (non-hydrogen) atoms. The van der Waals surface area contributed by atoms with E-state index in [9.17, 15) is 18.0 Å². The number of alkyl halides is 3. The lowest BCUT2D eigenvalue weighted by Crippen LogP contribution is -2.12. The molecular weight excluding hydrogens is 383 g/mol. The van der Waals surface area contributed by atoms with Gasteiger partial charge in [-0.15, -0.1) is 11.8 Å². The SMILES string of the molecule is CSc1ccc(NC(=O)c2ccc(-c3ccccc3C(F)(F)F)c(C)c2)cc1. The summed E-state index contributed by atoms with van der Waals surface area (Å²) in [4.78, 5) is 13.6. The maximum absolute atomic E-state index is 13.3. The van der Waals surface area contributed by atoms with E-state index >= 15 is 0 Å². The van der Waals surface area contributed by atoms with Crippen LogP contribution in [0, 0.1) is 6.92 Å². The fourth-order valence-electron chi connectivity index (χ4n) is 2.95. The Kier molecular flexibility index (Phi) is 5.79. The first-order chi connectivity index (χ1) is 13.3. The number of thioether (sulfide) groups is 1. The minimum atomic E-state index is -4.44. The molecule has 2 nitrogen and oxygen atoms in total. The summed E-state index contributed by atoms with van der Waals surface area (Å²) >= 11 is 1.60. The lowest BCUT2D eigenvalue weighted by atomic mass is 9.94. The Hall–Kier alpha value is -2.73. The van der Waals surface area contributed by atoms with Crippen LogP contribution < -0.4 is 5.32 Å². The van der Waals surface area contributed by atoms with Crippen molar-refractivity contribution in [2.24, 2.45) is 0 Å². The highest BCUT2D eigenvalue weighted by atomic mass is 32.2. The van der Waals surface area contributed by atoms with Crippen molar-refractivity contribution in [1.82, 2.24) is 0 Å². The average molecular weight is 401 g/mol. The monoisotopic (exact) mass is 401 g/mol. The Morgan fingerprint density at radius 1 is 0.929 bits per heavy atom. The second-order valence-corrected chi connectivity index (χ2v) is 7.14. The number of nitrogens with one attached hydrogen (secondary N) is 1. The van der Waals surface area contributed by atoms with Crippen molar-refractivity contribution in [2.45, 2.75) is 18.0 Å². The quantitative estimate of drug-likeness (QED) is 0.496. The van der Waals surface area contributed by atoms with Crippen molar-refractivity contribution in [1.29, 1.82) is 0 Å². The van der Waals surface area contributed by atoms with Crippen LogP contribution >= 0.6 is 11.8 Å². The molecule has 0 heterocycles. The third kappa shape index (κ3) is 4.39. The summed E-state index contributed by atoms with van der Waals surface area (Å²) in [6.07, 6.45) is -2.48. The fourth-order valence-corrected chi connectivity index (χ4v) is 3.36. The number of halogens is 3. The van der Waals surface area contributed by atoms with Crippen LogP contribution in [0.4, 0.5) is 18.9 Å². The van der Waals surface area contributed by atoms with Gasteiger partial charge >= 0.3 is 6.18 Å². The minimum Gasteiger partial charge on any atom is -0.322 e. The van der Waals surface area contributed by atoms with E-state index in [1.807, 2.05) is 30.5 Å². The summed E-state index contributed by atoms with van der Waals surface area (Å²) in [6.45, 7) is 1.70. The molecule has 3 aromatic rings. The lowest BCUT2D eigenvalue weighted by molar-refractivity contribution is -0.137. The molecule has 0 aromatic heterocycles. The maximum Gasteiger partial charge on any atom is 0.417 e. The van der Waals surface area contributed by atoms with E-state index in [0.29, 0.717) is 22.4 Å². The number of rotatable bonds is 4. The zero-order chi connectivity index (χ0) is 20.3. The molecular formula is C22H18F3NOS. The van der Waals surface area contributed by atoms with Gasteiger partial charge in [0.25, 0.3) is 5.91 Å². The van der Waals surface area contributed by atoms with Gasteiger partial charge in [0.15, 0.2) is 0 Å². The molecule has 0 aliphatic rings. The molecule has 0 saturated carbocycles. The van der Waals surface area contributed by atoms with Gasteiger partial charge in [0.05, 0.1) is 5.56 Å². The molecule has 0 bridgehead atoms. The van der Waals surface area contributed by atoms with Crippen LogP contribution in [0.3, 0.4) is 0 Å². The number of aryl methyl sites for hydroxylation is 1. The molecule has 0 aliphatic heterocycles. The van der Waals surface area contributed by atoms with Gasteiger partial charge in [0.2, 0.25) is 0 Å². The number of hydrogen-bond acceptors (Lipinski definition) is 2. The van der Waals surface area contributed by atoms with Crippen LogP contribution in [0.15, 0.2) is 71.6 Å². The number of carbonyl (C=O) groups is 1. The zero-order valence-corrected chi connectivity index (χ0v) is 16.1. The number of anilines is 1. The van der Waals surface area contributed by atoms with E-state index in [2.05, 4.69) is 5.32 Å². The van der Waals surface area contributed by atoms with Crippen LogP contribution in [0.2, 0.25) is 0 Å². The molecule has 0 fully saturated rings. The second kappa shape index (κ2) is 8.10. The van der Waals surface area contributed by atoms with Crippen LogP contribution in [0.25, 0.3) is 11.1 Å². The first kappa shape index (κ1) is 20.0. The smallest absolute Gasteiger partial charge is 0.322 e. The average Bonchev–Trinajstić information content (AvgIpc) is 2.68. The van der Waals surface area contributed by atoms with Crippen LogP contribution in [-0.4, -0.2) is 12.2 Å². The summed E-state index contributed by atoms with van der Waals surface area (Å²) in [5.74, 6) is -0.310. The summed E-state index contributed by atoms with van der Waals surface area (Å²) in [7, 11) is 0. The predicted octanol–water partition coefficient (Wildman–Crippen LogP) is 6.66. The van der Waals surface area contributed by atoms with Gasteiger partial charge in [-0.1, -0.05) is 24.3 Å². The molecule has 0 aliphatic carbocycles. The largest absolute Gasteiger partial charge is 0.417 e. The molecule has 1 amide bonds. The van der Waals surface area contributed by atoms with Gasteiger partial charge in [0.1, 0.15) is 0 Å². The van der Waals surface area contributed by atoms with Crippen molar-refractivity contribution in [2.75, 3.05) is 11.6 Å². The predicted molar refractivity (Wildman–Crippen MR) is 108 cm³/mol. The zero-order valence-electron chi connectivity index (χ0n) is 15.3. The van der Waals surface area contributed by atoms with E-state index in [4.69, 9.17) is 0 Å². The number of amides is 1. The lowest BCUT2D eigenvalue weighted by Gasteiger charge is -2.15. The molecule has 144 valence electrons. The fraction of sp³-hybridized carbons (Fsp3) is 0.136. The Morgan fingerprint density at radius 3 is 2.21 bits per heavy atom. The van der Waals surface area contributed by atoms with Crippen molar-refractivity contribution < 1.29 is 18.0 Å². The standard InChI is InChI=1S/C22H18F3NOS/c1-14-13-15(21(27)26-16-8-10-17(28-2)11-9-16)7-12-18(14)19-5-3-4-6-20(19)22(23,24)25/h3-13H,1-2H3,(H,26,27). The molecule has 0 atom stereocenters. The van der Waals surface area contributed by atoms with Crippen molar-refractivity contribution in [3.05, 3.63) is 83.4 Å². The molecule has 0 unspecified atom stereocenters. The van der Waals surface area contributed by atoms with Crippen LogP contribution in [0.5, 0.6) is 0 Å². The van der Waals surface area contributed by atoms with E-state index in [1.54, 1.807) is 43.0 Å². The van der Waals surface area contributed by atoms with Gasteiger partial charge in [-0.25, -0.2) is 0 Å². The van der Waals surface area contributed by atoms with Crippen molar-refractivity contribution >= 4 is 23.4 Å². The molecule has 0 saturated heterocycles. The number of benzene rings is 3. The normalized spacial score (nSPS) is 11.3. The first-order valence-electron chi connectivity index (χ1n) is 8.52. The van der Waals surface area contributed by atoms with E-state index in [1.165, 1.54) is 12.1 Å². The summed E-state index contributed by atoms with van der Waals surface area (Å²) in [5, 5.41) is 2.80. The highest BCUT2D eigenvalue weighted by molar-refractivity contribution is 7.98. The minimum absolute atomic E-state index is 0.104. The third-order valence-corrected chi connectivity index (χ3v) is 5.10. The van der Waals surface area contributed by atoms with E-state index in [-0.39, 0.29) is 11.5 Å². The van der Waals surface area contributed by atoms with Gasteiger partial charge in [-0.3, -0.25) is 4.79 Å². The maximum atomic E-state index is 13.3. The Balaban J connectivity index is 1.87. The van der Waals surface area contributed by atoms with Gasteiger partial charge in [0, 0.05) is 16.1 Å². The van der Waals surface area contributed by atoms with Crippen molar-refractivity contribution in [3.8, 4) is 11.1 Å². The summed E-state index contributed by atoms with van der Waals surface area (Å²) < 4.78 is 39.9. The van der Waals surface area contributed by atoms with Crippen molar-refractivity contribution in [3.63, 3.8) is 0 Å². The Labute approximate surface area is 165 Å². The number of hydrogen-bond donors (Lipinski definition) is 1. The third-order valence-electron chi connectivity index (χ3n) is 4.36. The molecule has 0 spiro atoms. The topological polar surface area (TPSA) is 29.1 Å². The summed E-state index contributed by atoms with van der Waals surface area (Å²) in [5.41, 5.74) is 1.51. The molecule has 3 aromatic carbocycles. The second-order valence-electron chi connectivity index (χ2n) is 6.26. The van der Waals surface area contributed by atoms with Gasteiger partial charge in [-0.2, -0.15) is 13.2 Å². The molecule has 1 N–H and O–H groups in total. The Bertz CT molecular complexity index is 997. The van der Waals surface area contributed by atoms with Crippen LogP contribution in [0.1, 0.15) is 21.5 Å². The molecule has 0 radical (unpaired) electrons. The number of carbonyl (C=O) groups excluding carboxylic acids is 1. The highest BCUT2D eigenvalue weighted by Crippen LogP contribution is 2.38. The Morgan fingerprint density at radius 2 is 1.61 bits per heavy atom. The highest BCUT2D eigenvalue weighted by Gasteiger charge is 2.33. The van der Waals surface area contributed by atoms with E-state index in [0.717, 1.165) is 11.0 Å². The van der Waals surface area contributed by atoms with Gasteiger partial charge < -0.3 is 5.32 Å². The summed E-state index contributed by atoms with van der Waals surface area (Å²) in [6, 6.07) is 17.6. The first-order valence-corrected chi connectivity index (χ1v) is 9.74. The van der Waals surface area contributed by atoms with Crippen LogP contribution in [-0.2, 0) is 6.18 Å². The van der Waals surface area contributed by atoms with E-state index < -0.39 is 11.7 Å². The molecule has 6 heteroatoms.